The molecule has 1 aromatic carbocycles. The van der Waals surface area contributed by atoms with Gasteiger partial charge in [0.1, 0.15) is 6.54 Å². The number of fused-ring (bicyclic) bond motifs is 1. The molecular formula is C20H25N3O4S. The Balaban J connectivity index is 1.56. The Bertz CT molecular complexity index is 780. The van der Waals surface area contributed by atoms with E-state index in [0.717, 1.165) is 11.1 Å². The minimum Gasteiger partial charge on any atom is -0.469 e. The number of esters is 1. The first-order chi connectivity index (χ1) is 13.4. The lowest BCUT2D eigenvalue weighted by atomic mass is 9.76. The number of nitrogens with one attached hydrogen (secondary N) is 2. The Morgan fingerprint density at radius 2 is 2.00 bits per heavy atom. The molecule has 0 spiro atoms. The van der Waals surface area contributed by atoms with Crippen LogP contribution in [0, 0.1) is 18.8 Å². The summed E-state index contributed by atoms with van der Waals surface area (Å²) >= 11 is 5.31. The van der Waals surface area contributed by atoms with Crippen molar-refractivity contribution in [1.29, 1.82) is 0 Å². The van der Waals surface area contributed by atoms with Crippen LogP contribution in [0.2, 0.25) is 0 Å². The first-order valence-electron chi connectivity index (χ1n) is 9.41. The predicted molar refractivity (Wildman–Crippen MR) is 107 cm³/mol. The molecule has 2 N–H and O–H groups in total. The highest BCUT2D eigenvalue weighted by molar-refractivity contribution is 7.80. The predicted octanol–water partition coefficient (Wildman–Crippen LogP) is 1.29. The number of nitrogens with zero attached hydrogens (tertiary/aromatic N) is 1. The van der Waals surface area contributed by atoms with Gasteiger partial charge in [-0.3, -0.25) is 19.3 Å². The summed E-state index contributed by atoms with van der Waals surface area (Å²) in [5.41, 5.74) is 2.15. The van der Waals surface area contributed by atoms with Gasteiger partial charge in [0.2, 0.25) is 11.8 Å². The molecule has 3 unspecified atom stereocenters. The summed E-state index contributed by atoms with van der Waals surface area (Å²) in [7, 11) is 1.37. The van der Waals surface area contributed by atoms with Gasteiger partial charge in [0.15, 0.2) is 5.11 Å². The van der Waals surface area contributed by atoms with E-state index >= 15 is 0 Å². The number of thiocarbonyl (C=S) groups is 1. The zero-order valence-electron chi connectivity index (χ0n) is 16.1. The lowest BCUT2D eigenvalue weighted by Gasteiger charge is -2.43. The molecule has 1 saturated heterocycles. The Morgan fingerprint density at radius 3 is 2.68 bits per heavy atom. The van der Waals surface area contributed by atoms with Gasteiger partial charge in [0.25, 0.3) is 0 Å². The van der Waals surface area contributed by atoms with Gasteiger partial charge in [0, 0.05) is 12.6 Å². The standard InChI is InChI=1S/C20H25N3O4S/c1-12-3-5-13(6-4-12)10-21-17(24)11-23-18(25)15-8-7-14(19(26)27-2)9-16(15)22-20(23)28/h3-6,14-16H,7-11H2,1-2H3,(H,21,24)(H,22,28). The molecule has 1 heterocycles. The quantitative estimate of drug-likeness (QED) is 0.569. The second-order valence-corrected chi connectivity index (χ2v) is 7.77. The molecule has 1 aromatic rings. The molecular weight excluding hydrogens is 378 g/mol. The molecule has 1 saturated carbocycles. The van der Waals surface area contributed by atoms with Crippen molar-refractivity contribution >= 4 is 35.1 Å². The van der Waals surface area contributed by atoms with Gasteiger partial charge in [-0.15, -0.1) is 0 Å². The minimum atomic E-state index is -0.280. The lowest BCUT2D eigenvalue weighted by molar-refractivity contribution is -0.149. The molecule has 0 aromatic heterocycles. The maximum atomic E-state index is 12.9. The van der Waals surface area contributed by atoms with Crippen LogP contribution in [0.1, 0.15) is 30.4 Å². The molecule has 3 rings (SSSR count). The van der Waals surface area contributed by atoms with E-state index in [4.69, 9.17) is 17.0 Å². The molecule has 2 amide bonds. The van der Waals surface area contributed by atoms with Gasteiger partial charge in [-0.05, 0) is 44.0 Å². The largest absolute Gasteiger partial charge is 0.469 e. The Morgan fingerprint density at radius 1 is 1.29 bits per heavy atom. The van der Waals surface area contributed by atoms with Gasteiger partial charge >= 0.3 is 5.97 Å². The highest BCUT2D eigenvalue weighted by atomic mass is 32.1. The Hall–Kier alpha value is -2.48. The Labute approximate surface area is 169 Å². The molecule has 0 bridgehead atoms. The van der Waals surface area contributed by atoms with Crippen LogP contribution in [0.3, 0.4) is 0 Å². The van der Waals surface area contributed by atoms with E-state index in [1.165, 1.54) is 12.0 Å². The fraction of sp³-hybridized carbons (Fsp3) is 0.500. The van der Waals surface area contributed by atoms with Crippen LogP contribution in [0.5, 0.6) is 0 Å². The molecule has 1 aliphatic carbocycles. The molecule has 0 radical (unpaired) electrons. The number of carbonyl (C=O) groups is 3. The molecule has 7 nitrogen and oxygen atoms in total. The van der Waals surface area contributed by atoms with Gasteiger partial charge in [-0.25, -0.2) is 0 Å². The average molecular weight is 404 g/mol. The summed E-state index contributed by atoms with van der Waals surface area (Å²) in [4.78, 5) is 38.3. The number of aryl methyl sites for hydroxylation is 1. The zero-order chi connectivity index (χ0) is 20.3. The molecule has 150 valence electrons. The van der Waals surface area contributed by atoms with E-state index in [-0.39, 0.29) is 47.3 Å². The highest BCUT2D eigenvalue weighted by Crippen LogP contribution is 2.33. The number of benzene rings is 1. The van der Waals surface area contributed by atoms with Crippen molar-refractivity contribution in [3.8, 4) is 0 Å². The summed E-state index contributed by atoms with van der Waals surface area (Å²) in [6.07, 6.45) is 1.68. The number of hydrogen-bond acceptors (Lipinski definition) is 5. The lowest BCUT2D eigenvalue weighted by Crippen LogP contribution is -2.63. The van der Waals surface area contributed by atoms with E-state index in [1.54, 1.807) is 0 Å². The van der Waals surface area contributed by atoms with Crippen molar-refractivity contribution < 1.29 is 19.1 Å². The summed E-state index contributed by atoms with van der Waals surface area (Å²) in [6, 6.07) is 7.69. The summed E-state index contributed by atoms with van der Waals surface area (Å²) in [5, 5.41) is 6.21. The first kappa shape index (κ1) is 20.3. The van der Waals surface area contributed by atoms with Crippen molar-refractivity contribution in [3.05, 3.63) is 35.4 Å². The van der Waals surface area contributed by atoms with E-state index in [9.17, 15) is 14.4 Å². The van der Waals surface area contributed by atoms with Crippen LogP contribution in [0.4, 0.5) is 0 Å². The van der Waals surface area contributed by atoms with Crippen LogP contribution in [0.25, 0.3) is 0 Å². The van der Waals surface area contributed by atoms with Gasteiger partial charge in [-0.1, -0.05) is 29.8 Å². The second-order valence-electron chi connectivity index (χ2n) is 7.38. The van der Waals surface area contributed by atoms with Crippen molar-refractivity contribution in [2.75, 3.05) is 13.7 Å². The average Bonchev–Trinajstić information content (AvgIpc) is 2.69. The zero-order valence-corrected chi connectivity index (χ0v) is 16.9. The maximum Gasteiger partial charge on any atom is 0.308 e. The number of ether oxygens (including phenoxy) is 1. The molecule has 28 heavy (non-hydrogen) atoms. The van der Waals surface area contributed by atoms with Crippen molar-refractivity contribution in [2.45, 2.75) is 38.8 Å². The fourth-order valence-electron chi connectivity index (χ4n) is 3.80. The number of methoxy groups -OCH3 is 1. The number of rotatable bonds is 5. The van der Waals surface area contributed by atoms with E-state index in [1.807, 2.05) is 31.2 Å². The second kappa shape index (κ2) is 8.68. The molecule has 2 aliphatic rings. The number of carbonyl (C=O) groups excluding carboxylic acids is 3. The third kappa shape index (κ3) is 4.49. The topological polar surface area (TPSA) is 87.7 Å². The molecule has 3 atom stereocenters. The van der Waals surface area contributed by atoms with Gasteiger partial charge in [-0.2, -0.15) is 0 Å². The third-order valence-electron chi connectivity index (χ3n) is 5.43. The molecule has 8 heteroatoms. The van der Waals surface area contributed by atoms with E-state index < -0.39 is 0 Å². The van der Waals surface area contributed by atoms with Crippen molar-refractivity contribution in [2.24, 2.45) is 11.8 Å². The van der Waals surface area contributed by atoms with Crippen molar-refractivity contribution in [1.82, 2.24) is 15.5 Å². The van der Waals surface area contributed by atoms with Crippen molar-refractivity contribution in [3.63, 3.8) is 0 Å². The van der Waals surface area contributed by atoms with Crippen LogP contribution >= 0.6 is 12.2 Å². The fourth-order valence-corrected chi connectivity index (χ4v) is 4.10. The minimum absolute atomic E-state index is 0.111. The number of hydrogen-bond donors (Lipinski definition) is 2. The van der Waals surface area contributed by atoms with Crippen LogP contribution in [-0.2, 0) is 25.7 Å². The summed E-state index contributed by atoms with van der Waals surface area (Å²) in [6.45, 7) is 2.29. The summed E-state index contributed by atoms with van der Waals surface area (Å²) < 4.78 is 4.82. The normalized spacial score (nSPS) is 24.2. The SMILES string of the molecule is COC(=O)C1CCC2C(=O)N(CC(=O)NCc3ccc(C)cc3)C(=S)NC2C1. The monoisotopic (exact) mass is 403 g/mol. The summed E-state index contributed by atoms with van der Waals surface area (Å²) in [5.74, 6) is -1.17. The van der Waals surface area contributed by atoms with E-state index in [2.05, 4.69) is 10.6 Å². The van der Waals surface area contributed by atoms with Crippen LogP contribution in [-0.4, -0.2) is 47.5 Å². The third-order valence-corrected chi connectivity index (χ3v) is 5.77. The van der Waals surface area contributed by atoms with E-state index in [0.29, 0.717) is 25.8 Å². The van der Waals surface area contributed by atoms with Gasteiger partial charge in [0.05, 0.1) is 18.9 Å². The molecule has 2 fully saturated rings. The molecule has 1 aliphatic heterocycles. The van der Waals surface area contributed by atoms with Crippen LogP contribution < -0.4 is 10.6 Å². The van der Waals surface area contributed by atoms with Gasteiger partial charge < -0.3 is 15.4 Å². The highest BCUT2D eigenvalue weighted by Gasteiger charge is 2.44. The number of amides is 2. The maximum absolute atomic E-state index is 12.9. The first-order valence-corrected chi connectivity index (χ1v) is 9.81. The smallest absolute Gasteiger partial charge is 0.308 e. The Kier molecular flexibility index (Phi) is 6.28. The van der Waals surface area contributed by atoms with Crippen LogP contribution in [0.15, 0.2) is 24.3 Å².